The molecule has 1 aromatic heterocycles. The van der Waals surface area contributed by atoms with Crippen molar-refractivity contribution in [3.63, 3.8) is 0 Å². The largest absolute Gasteiger partial charge is 0.377 e. The molecule has 2 aliphatic heterocycles. The predicted molar refractivity (Wildman–Crippen MR) is 110 cm³/mol. The zero-order chi connectivity index (χ0) is 20.4. The van der Waals surface area contributed by atoms with Crippen molar-refractivity contribution in [2.24, 2.45) is 10.9 Å². The van der Waals surface area contributed by atoms with Crippen LogP contribution in [0, 0.1) is 11.7 Å². The molecule has 0 N–H and O–H groups in total. The van der Waals surface area contributed by atoms with Crippen molar-refractivity contribution in [2.75, 3.05) is 26.7 Å². The van der Waals surface area contributed by atoms with E-state index in [1.165, 1.54) is 12.1 Å². The lowest BCUT2D eigenvalue weighted by molar-refractivity contribution is -0.120. The monoisotopic (exact) mass is 395 g/mol. The van der Waals surface area contributed by atoms with Gasteiger partial charge in [0.1, 0.15) is 11.6 Å². The Morgan fingerprint density at radius 2 is 2.07 bits per heavy atom. The van der Waals surface area contributed by atoms with Gasteiger partial charge in [-0.1, -0.05) is 0 Å². The predicted octanol–water partition coefficient (Wildman–Crippen LogP) is 3.04. The summed E-state index contributed by atoms with van der Waals surface area (Å²) in [5.74, 6) is 0.176. The molecule has 0 aliphatic carbocycles. The number of benzene rings is 1. The number of rotatable bonds is 7. The summed E-state index contributed by atoms with van der Waals surface area (Å²) in [6, 6.07) is 8.31. The van der Waals surface area contributed by atoms with Gasteiger partial charge in [-0.2, -0.15) is 0 Å². The first kappa shape index (κ1) is 19.9. The first-order valence-corrected chi connectivity index (χ1v) is 10.1. The maximum atomic E-state index is 13.2. The average molecular weight is 395 g/mol. The quantitative estimate of drug-likeness (QED) is 0.723. The average Bonchev–Trinajstić information content (AvgIpc) is 3.25. The maximum absolute atomic E-state index is 13.2. The SMILES string of the molecule is CCO[C@@H]1CN(C)C[C@H]1CC(=O)Cc1cc2c(cn1)C(c1ccc(F)cc1)=NC2. The summed E-state index contributed by atoms with van der Waals surface area (Å²) in [5.41, 5.74) is 4.52. The number of carbonyl (C=O) groups is 1. The minimum absolute atomic E-state index is 0.133. The Morgan fingerprint density at radius 1 is 1.28 bits per heavy atom. The smallest absolute Gasteiger partial charge is 0.139 e. The van der Waals surface area contributed by atoms with Crippen LogP contribution in [0.4, 0.5) is 4.39 Å². The van der Waals surface area contributed by atoms with Crippen LogP contribution in [0.25, 0.3) is 0 Å². The van der Waals surface area contributed by atoms with Crippen LogP contribution in [0.3, 0.4) is 0 Å². The van der Waals surface area contributed by atoms with Gasteiger partial charge in [-0.05, 0) is 49.9 Å². The summed E-state index contributed by atoms with van der Waals surface area (Å²) >= 11 is 0. The zero-order valence-corrected chi connectivity index (χ0v) is 16.9. The first-order valence-electron chi connectivity index (χ1n) is 10.1. The second kappa shape index (κ2) is 8.51. The number of halogens is 1. The fourth-order valence-electron chi connectivity index (χ4n) is 4.31. The normalized spacial score (nSPS) is 21.3. The molecule has 5 nitrogen and oxygen atoms in total. The Balaban J connectivity index is 1.41. The number of aliphatic imine (C=N–C) groups is 1. The van der Waals surface area contributed by atoms with E-state index in [0.29, 0.717) is 26.0 Å². The number of carbonyl (C=O) groups excluding carboxylic acids is 1. The molecule has 0 amide bonds. The van der Waals surface area contributed by atoms with Crippen molar-refractivity contribution in [3.05, 3.63) is 64.7 Å². The second-order valence-electron chi connectivity index (χ2n) is 7.90. The van der Waals surface area contributed by atoms with Gasteiger partial charge >= 0.3 is 0 Å². The van der Waals surface area contributed by atoms with Crippen LogP contribution in [0.15, 0.2) is 41.5 Å². The molecule has 4 rings (SSSR count). The highest BCUT2D eigenvalue weighted by Gasteiger charge is 2.32. The number of ketones is 1. The van der Waals surface area contributed by atoms with Gasteiger partial charge in [0.05, 0.1) is 18.4 Å². The lowest BCUT2D eigenvalue weighted by Gasteiger charge is -2.17. The Hall–Kier alpha value is -2.44. The zero-order valence-electron chi connectivity index (χ0n) is 16.9. The molecule has 2 atom stereocenters. The molecule has 2 aliphatic rings. The standard InChI is InChI=1S/C23H26FN3O2/c1-3-29-22-14-27(2)13-17(22)9-20(28)10-19-8-16-11-26-23(21(16)12-25-19)15-4-6-18(24)7-5-15/h4-8,12,17,22H,3,9-11,13-14H2,1-2H3/t17-,22-/m1/s1. The third kappa shape index (κ3) is 4.43. The highest BCUT2D eigenvalue weighted by atomic mass is 19.1. The molecule has 0 bridgehead atoms. The summed E-state index contributed by atoms with van der Waals surface area (Å²) in [6.07, 6.45) is 2.77. The summed E-state index contributed by atoms with van der Waals surface area (Å²) in [5, 5.41) is 0. The molecule has 29 heavy (non-hydrogen) atoms. The van der Waals surface area contributed by atoms with Crippen LogP contribution >= 0.6 is 0 Å². The molecule has 1 fully saturated rings. The topological polar surface area (TPSA) is 54.8 Å². The van der Waals surface area contributed by atoms with Crippen LogP contribution < -0.4 is 0 Å². The fourth-order valence-corrected chi connectivity index (χ4v) is 4.31. The van der Waals surface area contributed by atoms with Crippen LogP contribution in [0.1, 0.15) is 35.7 Å². The van der Waals surface area contributed by atoms with Gasteiger partial charge < -0.3 is 9.64 Å². The van der Waals surface area contributed by atoms with Gasteiger partial charge in [0.25, 0.3) is 0 Å². The van der Waals surface area contributed by atoms with Crippen molar-refractivity contribution in [1.29, 1.82) is 0 Å². The highest BCUT2D eigenvalue weighted by Crippen LogP contribution is 2.25. The number of likely N-dealkylation sites (tertiary alicyclic amines) is 1. The summed E-state index contributed by atoms with van der Waals surface area (Å²) in [6.45, 7) is 5.00. The van der Waals surface area contributed by atoms with E-state index in [1.54, 1.807) is 18.3 Å². The molecule has 0 spiro atoms. The van der Waals surface area contributed by atoms with E-state index in [0.717, 1.165) is 41.2 Å². The van der Waals surface area contributed by atoms with Crippen LogP contribution in [0.5, 0.6) is 0 Å². The van der Waals surface area contributed by atoms with Gasteiger partial charge in [0.2, 0.25) is 0 Å². The molecule has 0 saturated carbocycles. The summed E-state index contributed by atoms with van der Waals surface area (Å²) in [7, 11) is 2.07. The molecule has 2 aromatic rings. The number of likely N-dealkylation sites (N-methyl/N-ethyl adjacent to an activating group) is 1. The lowest BCUT2D eigenvalue weighted by Crippen LogP contribution is -2.25. The minimum Gasteiger partial charge on any atom is -0.377 e. The van der Waals surface area contributed by atoms with Crippen molar-refractivity contribution in [3.8, 4) is 0 Å². The number of hydrogen-bond acceptors (Lipinski definition) is 5. The van der Waals surface area contributed by atoms with E-state index in [9.17, 15) is 9.18 Å². The van der Waals surface area contributed by atoms with Crippen LogP contribution in [-0.2, 0) is 22.5 Å². The number of fused-ring (bicyclic) bond motifs is 1. The minimum atomic E-state index is -0.264. The van der Waals surface area contributed by atoms with Crippen LogP contribution in [-0.4, -0.2) is 54.2 Å². The van der Waals surface area contributed by atoms with Crippen molar-refractivity contribution in [2.45, 2.75) is 32.4 Å². The van der Waals surface area contributed by atoms with E-state index in [2.05, 4.69) is 21.9 Å². The van der Waals surface area contributed by atoms with E-state index < -0.39 is 0 Å². The van der Waals surface area contributed by atoms with Gasteiger partial charge in [-0.15, -0.1) is 0 Å². The van der Waals surface area contributed by atoms with E-state index in [1.807, 2.05) is 13.0 Å². The second-order valence-corrected chi connectivity index (χ2v) is 7.90. The third-order valence-corrected chi connectivity index (χ3v) is 5.64. The van der Waals surface area contributed by atoms with Crippen molar-refractivity contribution in [1.82, 2.24) is 9.88 Å². The number of hydrogen-bond donors (Lipinski definition) is 0. The van der Waals surface area contributed by atoms with E-state index in [4.69, 9.17) is 4.74 Å². The molecule has 152 valence electrons. The van der Waals surface area contributed by atoms with E-state index >= 15 is 0 Å². The number of nitrogens with zero attached hydrogens (tertiary/aromatic N) is 3. The summed E-state index contributed by atoms with van der Waals surface area (Å²) in [4.78, 5) is 24.0. The van der Waals surface area contributed by atoms with Gasteiger partial charge in [0, 0.05) is 61.5 Å². The van der Waals surface area contributed by atoms with Crippen molar-refractivity contribution >= 4 is 11.5 Å². The molecule has 0 unspecified atom stereocenters. The number of Topliss-reactive ketones (excluding diaryl/α,β-unsaturated/α-hetero) is 1. The molecular weight excluding hydrogens is 369 g/mol. The van der Waals surface area contributed by atoms with Gasteiger partial charge in [-0.25, -0.2) is 4.39 Å². The molecule has 6 heteroatoms. The van der Waals surface area contributed by atoms with Crippen LogP contribution in [0.2, 0.25) is 0 Å². The highest BCUT2D eigenvalue weighted by molar-refractivity contribution is 6.14. The van der Waals surface area contributed by atoms with Crippen molar-refractivity contribution < 1.29 is 13.9 Å². The fraction of sp³-hybridized carbons (Fsp3) is 0.435. The van der Waals surface area contributed by atoms with E-state index in [-0.39, 0.29) is 23.6 Å². The Labute approximate surface area is 170 Å². The number of ether oxygens (including phenoxy) is 1. The van der Waals surface area contributed by atoms with Gasteiger partial charge in [-0.3, -0.25) is 14.8 Å². The maximum Gasteiger partial charge on any atom is 0.139 e. The Kier molecular flexibility index (Phi) is 5.83. The molecule has 3 heterocycles. The first-order chi connectivity index (χ1) is 14.0. The lowest BCUT2D eigenvalue weighted by atomic mass is 9.96. The number of aromatic nitrogens is 1. The summed E-state index contributed by atoms with van der Waals surface area (Å²) < 4.78 is 19.0. The Morgan fingerprint density at radius 3 is 2.83 bits per heavy atom. The van der Waals surface area contributed by atoms with Gasteiger partial charge in [0.15, 0.2) is 0 Å². The number of pyridine rings is 1. The molecule has 1 saturated heterocycles. The Bertz CT molecular complexity index is 926. The molecule has 0 radical (unpaired) electrons. The molecular formula is C23H26FN3O2. The third-order valence-electron chi connectivity index (χ3n) is 5.64. The molecule has 1 aromatic carbocycles.